The molecule has 24 heavy (non-hydrogen) atoms. The van der Waals surface area contributed by atoms with Gasteiger partial charge in [-0.15, -0.1) is 0 Å². The number of hydrogen-bond acceptors (Lipinski definition) is 5. The fraction of sp³-hybridized carbons (Fsp3) is 0.611. The number of rotatable bonds is 3. The van der Waals surface area contributed by atoms with Gasteiger partial charge in [0.2, 0.25) is 0 Å². The van der Waals surface area contributed by atoms with Crippen LogP contribution in [0.4, 0.5) is 4.79 Å². The molecule has 2 aliphatic rings. The highest BCUT2D eigenvalue weighted by Gasteiger charge is 2.47. The Morgan fingerprint density at radius 1 is 1.33 bits per heavy atom. The average molecular weight is 334 g/mol. The van der Waals surface area contributed by atoms with E-state index < -0.39 is 5.60 Å². The summed E-state index contributed by atoms with van der Waals surface area (Å²) in [6, 6.07) is 9.68. The fourth-order valence-corrected chi connectivity index (χ4v) is 3.39. The number of ether oxygens (including phenoxy) is 1. The predicted molar refractivity (Wildman–Crippen MR) is 89.1 cm³/mol. The number of carbonyl (C=O) groups is 1. The Hall–Kier alpha value is -1.63. The molecule has 6 nitrogen and oxygen atoms in total. The molecule has 2 fully saturated rings. The predicted octanol–water partition coefficient (Wildman–Crippen LogP) is 2.20. The molecule has 0 bridgehead atoms. The lowest BCUT2D eigenvalue weighted by Crippen LogP contribution is -2.41. The molecule has 1 N–H and O–H groups in total. The molecule has 132 valence electrons. The Bertz CT molecular complexity index is 572. The van der Waals surface area contributed by atoms with Gasteiger partial charge in [-0.1, -0.05) is 30.3 Å². The normalized spacial score (nSPS) is 25.6. The van der Waals surface area contributed by atoms with Gasteiger partial charge in [-0.2, -0.15) is 5.06 Å². The zero-order valence-electron chi connectivity index (χ0n) is 14.5. The number of aliphatic hydroxyl groups is 1. The molecule has 0 radical (unpaired) electrons. The van der Waals surface area contributed by atoms with Gasteiger partial charge in [-0.25, -0.2) is 4.79 Å². The molecule has 6 heteroatoms. The minimum atomic E-state index is -0.497. The largest absolute Gasteiger partial charge is 0.444 e. The molecule has 1 amide bonds. The van der Waals surface area contributed by atoms with Crippen LogP contribution in [-0.4, -0.2) is 59.1 Å². The van der Waals surface area contributed by atoms with Crippen LogP contribution < -0.4 is 0 Å². The summed E-state index contributed by atoms with van der Waals surface area (Å²) in [6.07, 6.45) is -0.280. The Kier molecular flexibility index (Phi) is 4.80. The van der Waals surface area contributed by atoms with Crippen LogP contribution in [0.15, 0.2) is 30.3 Å². The third-order valence-corrected chi connectivity index (χ3v) is 4.49. The van der Waals surface area contributed by atoms with E-state index in [4.69, 9.17) is 9.57 Å². The maximum atomic E-state index is 12.3. The molecule has 3 rings (SSSR count). The van der Waals surface area contributed by atoms with E-state index in [0.717, 1.165) is 5.56 Å². The summed E-state index contributed by atoms with van der Waals surface area (Å²) < 4.78 is 5.47. The van der Waals surface area contributed by atoms with Crippen molar-refractivity contribution in [3.8, 4) is 0 Å². The topological polar surface area (TPSA) is 62.2 Å². The van der Waals surface area contributed by atoms with Crippen molar-refractivity contribution in [2.75, 3.05) is 26.3 Å². The molecule has 2 heterocycles. The maximum Gasteiger partial charge on any atom is 0.410 e. The number of aliphatic hydroxyl groups excluding tert-OH is 1. The fourth-order valence-electron chi connectivity index (χ4n) is 3.39. The van der Waals surface area contributed by atoms with Crippen molar-refractivity contribution in [3.05, 3.63) is 35.9 Å². The van der Waals surface area contributed by atoms with E-state index in [9.17, 15) is 9.90 Å². The Morgan fingerprint density at radius 3 is 2.67 bits per heavy atom. The highest BCUT2D eigenvalue weighted by molar-refractivity contribution is 5.68. The summed E-state index contributed by atoms with van der Waals surface area (Å²) in [5.41, 5.74) is 0.513. The van der Waals surface area contributed by atoms with E-state index in [0.29, 0.717) is 19.7 Å². The van der Waals surface area contributed by atoms with Crippen LogP contribution in [0.5, 0.6) is 0 Å². The quantitative estimate of drug-likeness (QED) is 0.918. The van der Waals surface area contributed by atoms with Crippen molar-refractivity contribution >= 4 is 6.09 Å². The van der Waals surface area contributed by atoms with Crippen LogP contribution in [0.2, 0.25) is 0 Å². The lowest BCUT2D eigenvalue weighted by atomic mass is 10.0. The summed E-state index contributed by atoms with van der Waals surface area (Å²) in [4.78, 5) is 19.9. The van der Waals surface area contributed by atoms with Crippen LogP contribution >= 0.6 is 0 Å². The third kappa shape index (κ3) is 3.55. The monoisotopic (exact) mass is 334 g/mol. The van der Waals surface area contributed by atoms with Crippen LogP contribution in [0.3, 0.4) is 0 Å². The molecule has 2 saturated heterocycles. The number of fused-ring (bicyclic) bond motifs is 1. The van der Waals surface area contributed by atoms with Gasteiger partial charge in [0.05, 0.1) is 25.3 Å². The van der Waals surface area contributed by atoms with Gasteiger partial charge in [-0.05, 0) is 26.3 Å². The van der Waals surface area contributed by atoms with Crippen LogP contribution in [0.25, 0.3) is 0 Å². The molecule has 1 aromatic rings. The minimum Gasteiger partial charge on any atom is -0.444 e. The standard InChI is InChI=1S/C18H26N2O4/c1-18(2,3)24-17(22)19-9-14-12-23-20(15(14)10-19)16(11-21)13-7-5-4-6-8-13/h4-8,14-16,21H,9-12H2,1-3H3/t14?,15-,16-/m0/s1. The first-order valence-corrected chi connectivity index (χ1v) is 8.44. The number of hydroxylamine groups is 2. The maximum absolute atomic E-state index is 12.3. The van der Waals surface area contributed by atoms with Gasteiger partial charge < -0.3 is 14.7 Å². The van der Waals surface area contributed by atoms with E-state index in [1.807, 2.05) is 56.2 Å². The number of amides is 1. The smallest absolute Gasteiger partial charge is 0.410 e. The van der Waals surface area contributed by atoms with Gasteiger partial charge in [0.25, 0.3) is 0 Å². The molecule has 0 aromatic heterocycles. The second kappa shape index (κ2) is 6.70. The van der Waals surface area contributed by atoms with Crippen LogP contribution in [0, 0.1) is 5.92 Å². The highest BCUT2D eigenvalue weighted by atomic mass is 16.7. The van der Waals surface area contributed by atoms with Crippen molar-refractivity contribution in [2.45, 2.75) is 38.5 Å². The highest BCUT2D eigenvalue weighted by Crippen LogP contribution is 2.36. The van der Waals surface area contributed by atoms with E-state index in [2.05, 4.69) is 0 Å². The van der Waals surface area contributed by atoms with Gasteiger partial charge in [-0.3, -0.25) is 4.84 Å². The number of carbonyl (C=O) groups excluding carboxylic acids is 1. The summed E-state index contributed by atoms with van der Waals surface area (Å²) in [5, 5.41) is 11.7. The molecule has 0 saturated carbocycles. The van der Waals surface area contributed by atoms with E-state index in [1.54, 1.807) is 4.90 Å². The van der Waals surface area contributed by atoms with Crippen molar-refractivity contribution in [1.82, 2.24) is 9.96 Å². The van der Waals surface area contributed by atoms with Gasteiger partial charge >= 0.3 is 6.09 Å². The van der Waals surface area contributed by atoms with E-state index >= 15 is 0 Å². The number of benzene rings is 1. The summed E-state index contributed by atoms with van der Waals surface area (Å²) >= 11 is 0. The second-order valence-corrected chi connectivity index (χ2v) is 7.48. The molecule has 0 spiro atoms. The average Bonchev–Trinajstić information content (AvgIpc) is 3.09. The summed E-state index contributed by atoms with van der Waals surface area (Å²) in [6.45, 7) is 7.33. The molecular formula is C18H26N2O4. The Balaban J connectivity index is 1.70. The minimum absolute atomic E-state index is 0.0281. The lowest BCUT2D eigenvalue weighted by molar-refractivity contribution is -0.174. The second-order valence-electron chi connectivity index (χ2n) is 7.48. The van der Waals surface area contributed by atoms with Crippen molar-refractivity contribution < 1.29 is 19.5 Å². The summed E-state index contributed by atoms with van der Waals surface area (Å²) in [5.74, 6) is 0.246. The zero-order valence-corrected chi connectivity index (χ0v) is 14.5. The van der Waals surface area contributed by atoms with E-state index in [1.165, 1.54) is 0 Å². The summed E-state index contributed by atoms with van der Waals surface area (Å²) in [7, 11) is 0. The van der Waals surface area contributed by atoms with Crippen molar-refractivity contribution in [2.24, 2.45) is 5.92 Å². The van der Waals surface area contributed by atoms with Crippen molar-refractivity contribution in [1.29, 1.82) is 0 Å². The molecule has 1 unspecified atom stereocenters. The Labute approximate surface area is 142 Å². The molecular weight excluding hydrogens is 308 g/mol. The number of hydrogen-bond donors (Lipinski definition) is 1. The lowest BCUT2D eigenvalue weighted by Gasteiger charge is -2.30. The molecule has 0 aliphatic carbocycles. The number of nitrogens with zero attached hydrogens (tertiary/aromatic N) is 2. The van der Waals surface area contributed by atoms with E-state index in [-0.39, 0.29) is 30.7 Å². The molecule has 3 atom stereocenters. The molecule has 2 aliphatic heterocycles. The van der Waals surface area contributed by atoms with Crippen LogP contribution in [-0.2, 0) is 9.57 Å². The first kappa shape index (κ1) is 17.2. The SMILES string of the molecule is CC(C)(C)OC(=O)N1CC2CON([C@@H](CO)c3ccccc3)[C@H]2C1. The first-order valence-electron chi connectivity index (χ1n) is 8.44. The van der Waals surface area contributed by atoms with Gasteiger partial charge in [0, 0.05) is 19.0 Å². The van der Waals surface area contributed by atoms with Crippen molar-refractivity contribution in [3.63, 3.8) is 0 Å². The zero-order chi connectivity index (χ0) is 17.3. The third-order valence-electron chi connectivity index (χ3n) is 4.49. The van der Waals surface area contributed by atoms with Crippen LogP contribution in [0.1, 0.15) is 32.4 Å². The first-order chi connectivity index (χ1) is 11.4. The number of likely N-dealkylation sites (tertiary alicyclic amines) is 1. The van der Waals surface area contributed by atoms with Gasteiger partial charge in [0.1, 0.15) is 5.60 Å². The van der Waals surface area contributed by atoms with Gasteiger partial charge in [0.15, 0.2) is 0 Å². The molecule has 1 aromatic carbocycles. The Morgan fingerprint density at radius 2 is 2.04 bits per heavy atom.